The first kappa shape index (κ1) is 14.8. The lowest BCUT2D eigenvalue weighted by Gasteiger charge is -2.15. The van der Waals surface area contributed by atoms with Crippen LogP contribution < -0.4 is 0 Å². The highest BCUT2D eigenvalue weighted by Crippen LogP contribution is 2.21. The van der Waals surface area contributed by atoms with Crippen LogP contribution in [0.3, 0.4) is 0 Å². The molecule has 110 valence electrons. The third-order valence-corrected chi connectivity index (χ3v) is 3.20. The molecule has 1 heterocycles. The van der Waals surface area contributed by atoms with E-state index in [-0.39, 0.29) is 0 Å². The Kier molecular flexibility index (Phi) is 4.37. The minimum atomic E-state index is -1.09. The number of ether oxygens (including phenoxy) is 2. The number of aromatic nitrogens is 2. The van der Waals surface area contributed by atoms with E-state index in [0.29, 0.717) is 16.8 Å². The summed E-state index contributed by atoms with van der Waals surface area (Å²) >= 11 is 0. The van der Waals surface area contributed by atoms with Crippen LogP contribution in [0.25, 0.3) is 0 Å². The van der Waals surface area contributed by atoms with Crippen LogP contribution in [0.1, 0.15) is 27.7 Å². The van der Waals surface area contributed by atoms with Gasteiger partial charge in [-0.3, -0.25) is 4.68 Å². The maximum atomic E-state index is 12.2. The van der Waals surface area contributed by atoms with Crippen LogP contribution in [0.5, 0.6) is 0 Å². The van der Waals surface area contributed by atoms with Gasteiger partial charge in [-0.2, -0.15) is 5.10 Å². The molecule has 0 N–H and O–H groups in total. The van der Waals surface area contributed by atoms with E-state index in [1.807, 2.05) is 6.07 Å². The number of rotatable bonds is 4. The van der Waals surface area contributed by atoms with Gasteiger partial charge in [-0.25, -0.2) is 9.59 Å². The smallest absolute Gasteiger partial charge is 0.351 e. The van der Waals surface area contributed by atoms with Crippen LogP contribution in [-0.2, 0) is 21.3 Å². The predicted molar refractivity (Wildman–Crippen MR) is 74.6 cm³/mol. The zero-order valence-electron chi connectivity index (χ0n) is 12.1. The molecular formula is C15H16N2O4. The summed E-state index contributed by atoms with van der Waals surface area (Å²) in [6.45, 7) is 1.75. The second kappa shape index (κ2) is 6.21. The van der Waals surface area contributed by atoms with Crippen molar-refractivity contribution in [1.82, 2.24) is 9.78 Å². The molecule has 2 rings (SSSR count). The Bertz CT molecular complexity index is 649. The Morgan fingerprint density at radius 2 is 1.90 bits per heavy atom. The van der Waals surface area contributed by atoms with Gasteiger partial charge in [-0.05, 0) is 6.92 Å². The van der Waals surface area contributed by atoms with Gasteiger partial charge in [-0.1, -0.05) is 30.3 Å². The molecule has 0 saturated carbocycles. The van der Waals surface area contributed by atoms with Crippen molar-refractivity contribution in [2.75, 3.05) is 7.11 Å². The van der Waals surface area contributed by atoms with E-state index >= 15 is 0 Å². The van der Waals surface area contributed by atoms with Crippen molar-refractivity contribution >= 4 is 11.9 Å². The maximum Gasteiger partial charge on any atom is 0.351 e. The molecule has 6 nitrogen and oxygen atoms in total. The van der Waals surface area contributed by atoms with E-state index in [1.54, 1.807) is 42.9 Å². The molecule has 0 fully saturated rings. The fraction of sp³-hybridized carbons (Fsp3) is 0.267. The SMILES string of the molecule is COC(=O)C(OC(=O)c1cnn(C)c1C)c1ccccc1. The first-order chi connectivity index (χ1) is 10.0. The Balaban J connectivity index is 2.26. The van der Waals surface area contributed by atoms with Gasteiger partial charge in [-0.15, -0.1) is 0 Å². The molecule has 1 aromatic heterocycles. The van der Waals surface area contributed by atoms with Crippen molar-refractivity contribution in [3.63, 3.8) is 0 Å². The molecule has 6 heteroatoms. The number of benzene rings is 1. The van der Waals surface area contributed by atoms with Crippen LogP contribution >= 0.6 is 0 Å². The summed E-state index contributed by atoms with van der Waals surface area (Å²) in [6.07, 6.45) is 0.320. The number of esters is 2. The molecule has 0 amide bonds. The van der Waals surface area contributed by atoms with Crippen molar-refractivity contribution in [3.8, 4) is 0 Å². The lowest BCUT2D eigenvalue weighted by atomic mass is 10.1. The molecule has 0 bridgehead atoms. The lowest BCUT2D eigenvalue weighted by molar-refractivity contribution is -0.151. The van der Waals surface area contributed by atoms with Crippen molar-refractivity contribution in [3.05, 3.63) is 53.3 Å². The van der Waals surface area contributed by atoms with Gasteiger partial charge in [0, 0.05) is 18.3 Å². The molecule has 0 aliphatic carbocycles. The van der Waals surface area contributed by atoms with Gasteiger partial charge in [0.15, 0.2) is 0 Å². The molecule has 0 radical (unpaired) electrons. The number of carbonyl (C=O) groups excluding carboxylic acids is 2. The van der Waals surface area contributed by atoms with Gasteiger partial charge in [0.05, 0.1) is 13.3 Å². The van der Waals surface area contributed by atoms with Gasteiger partial charge in [0.1, 0.15) is 5.56 Å². The van der Waals surface area contributed by atoms with Crippen molar-refractivity contribution < 1.29 is 19.1 Å². The zero-order valence-corrected chi connectivity index (χ0v) is 12.1. The van der Waals surface area contributed by atoms with E-state index in [1.165, 1.54) is 13.3 Å². The standard InChI is InChI=1S/C15H16N2O4/c1-10-12(9-16-17(10)2)14(18)21-13(15(19)20-3)11-7-5-4-6-8-11/h4-9,13H,1-3H3. The van der Waals surface area contributed by atoms with Crippen LogP contribution in [-0.4, -0.2) is 28.8 Å². The lowest BCUT2D eigenvalue weighted by Crippen LogP contribution is -2.21. The summed E-state index contributed by atoms with van der Waals surface area (Å²) in [5.74, 6) is -1.24. The first-order valence-corrected chi connectivity index (χ1v) is 6.37. The molecular weight excluding hydrogens is 272 g/mol. The first-order valence-electron chi connectivity index (χ1n) is 6.37. The monoisotopic (exact) mass is 288 g/mol. The minimum absolute atomic E-state index is 0.322. The molecule has 1 unspecified atom stereocenters. The second-order valence-electron chi connectivity index (χ2n) is 4.49. The van der Waals surface area contributed by atoms with E-state index in [9.17, 15) is 9.59 Å². The van der Waals surface area contributed by atoms with E-state index in [4.69, 9.17) is 9.47 Å². The summed E-state index contributed by atoms with van der Waals surface area (Å²) in [5, 5.41) is 3.98. The number of hydrogen-bond acceptors (Lipinski definition) is 5. The highest BCUT2D eigenvalue weighted by molar-refractivity contribution is 5.92. The molecule has 0 saturated heterocycles. The number of aryl methyl sites for hydroxylation is 1. The zero-order chi connectivity index (χ0) is 15.4. The minimum Gasteiger partial charge on any atom is -0.466 e. The van der Waals surface area contributed by atoms with Crippen molar-refractivity contribution in [1.29, 1.82) is 0 Å². The summed E-state index contributed by atoms with van der Waals surface area (Å²) in [5.41, 5.74) is 1.54. The second-order valence-corrected chi connectivity index (χ2v) is 4.49. The Morgan fingerprint density at radius 1 is 1.24 bits per heavy atom. The highest BCUT2D eigenvalue weighted by Gasteiger charge is 2.27. The van der Waals surface area contributed by atoms with Gasteiger partial charge in [0.25, 0.3) is 0 Å². The molecule has 1 aromatic carbocycles. The highest BCUT2D eigenvalue weighted by atomic mass is 16.6. The normalized spacial score (nSPS) is 11.8. The molecule has 1 atom stereocenters. The van der Waals surface area contributed by atoms with E-state index < -0.39 is 18.0 Å². The third kappa shape index (κ3) is 3.10. The molecule has 0 aliphatic rings. The van der Waals surface area contributed by atoms with E-state index in [0.717, 1.165) is 0 Å². The third-order valence-electron chi connectivity index (χ3n) is 3.20. The van der Waals surface area contributed by atoms with Crippen LogP contribution in [0.15, 0.2) is 36.5 Å². The molecule has 0 aliphatic heterocycles. The Morgan fingerprint density at radius 3 is 2.43 bits per heavy atom. The largest absolute Gasteiger partial charge is 0.466 e. The van der Waals surface area contributed by atoms with Crippen molar-refractivity contribution in [2.24, 2.45) is 7.05 Å². The number of hydrogen-bond donors (Lipinski definition) is 0. The number of carbonyl (C=O) groups is 2. The summed E-state index contributed by atoms with van der Waals surface area (Å²) < 4.78 is 11.6. The number of methoxy groups -OCH3 is 1. The summed E-state index contributed by atoms with van der Waals surface area (Å²) in [7, 11) is 2.97. The summed E-state index contributed by atoms with van der Waals surface area (Å²) in [6, 6.07) is 8.73. The fourth-order valence-corrected chi connectivity index (χ4v) is 1.86. The average Bonchev–Trinajstić information content (AvgIpc) is 2.84. The average molecular weight is 288 g/mol. The molecule has 21 heavy (non-hydrogen) atoms. The quantitative estimate of drug-likeness (QED) is 0.802. The van der Waals surface area contributed by atoms with Crippen LogP contribution in [0, 0.1) is 6.92 Å². The van der Waals surface area contributed by atoms with Crippen molar-refractivity contribution in [2.45, 2.75) is 13.0 Å². The van der Waals surface area contributed by atoms with Crippen LogP contribution in [0.2, 0.25) is 0 Å². The number of nitrogens with zero attached hydrogens (tertiary/aromatic N) is 2. The van der Waals surface area contributed by atoms with Gasteiger partial charge >= 0.3 is 11.9 Å². The maximum absolute atomic E-state index is 12.2. The van der Waals surface area contributed by atoms with Crippen LogP contribution in [0.4, 0.5) is 0 Å². The molecule has 2 aromatic rings. The predicted octanol–water partition coefficient (Wildman–Crippen LogP) is 1.80. The Labute approximate surface area is 122 Å². The Hall–Kier alpha value is -2.63. The fourth-order valence-electron chi connectivity index (χ4n) is 1.86. The molecule has 0 spiro atoms. The topological polar surface area (TPSA) is 70.4 Å². The van der Waals surface area contributed by atoms with Gasteiger partial charge in [0.2, 0.25) is 6.10 Å². The van der Waals surface area contributed by atoms with Gasteiger partial charge < -0.3 is 9.47 Å². The summed E-state index contributed by atoms with van der Waals surface area (Å²) in [4.78, 5) is 24.0. The van der Waals surface area contributed by atoms with E-state index in [2.05, 4.69) is 5.10 Å².